The molecule has 6 heteroatoms. The van der Waals surface area contributed by atoms with E-state index in [-0.39, 0.29) is 18.0 Å². The first kappa shape index (κ1) is 14.6. The van der Waals surface area contributed by atoms with Gasteiger partial charge in [-0.2, -0.15) is 0 Å². The van der Waals surface area contributed by atoms with Crippen molar-refractivity contribution in [1.29, 1.82) is 0 Å². The van der Waals surface area contributed by atoms with Gasteiger partial charge in [-0.05, 0) is 41.8 Å². The molecular formula is C16H12F3NO2. The first-order valence-corrected chi connectivity index (χ1v) is 6.68. The van der Waals surface area contributed by atoms with Gasteiger partial charge in [0, 0.05) is 30.3 Å². The number of nitrogens with zero attached hydrogens (tertiary/aromatic N) is 1. The van der Waals surface area contributed by atoms with Crippen molar-refractivity contribution in [3.8, 4) is 5.75 Å². The Labute approximate surface area is 124 Å². The first-order chi connectivity index (χ1) is 10.3. The molecule has 0 fully saturated rings. The number of allylic oxidation sites excluding steroid dienone is 3. The second kappa shape index (κ2) is 5.12. The van der Waals surface area contributed by atoms with Crippen LogP contribution in [0.5, 0.6) is 5.75 Å². The van der Waals surface area contributed by atoms with Crippen LogP contribution >= 0.6 is 0 Å². The molecule has 0 bridgehead atoms. The molecule has 0 atom stereocenters. The number of aliphatic imine (C=N–C) groups is 1. The zero-order chi connectivity index (χ0) is 15.9. The first-order valence-electron chi connectivity index (χ1n) is 6.68. The number of hydrogen-bond donors (Lipinski definition) is 0. The highest BCUT2D eigenvalue weighted by Gasteiger charge is 2.32. The van der Waals surface area contributed by atoms with Crippen LogP contribution in [0.3, 0.4) is 0 Å². The lowest BCUT2D eigenvalue weighted by molar-refractivity contribution is -0.274. The van der Waals surface area contributed by atoms with Crippen molar-refractivity contribution < 1.29 is 22.7 Å². The minimum Gasteiger partial charge on any atom is -0.406 e. The second-order valence-corrected chi connectivity index (χ2v) is 5.27. The number of ether oxygens (including phenoxy) is 1. The van der Waals surface area contributed by atoms with Crippen LogP contribution in [0.1, 0.15) is 24.5 Å². The van der Waals surface area contributed by atoms with Crippen molar-refractivity contribution >= 4 is 17.1 Å². The summed E-state index contributed by atoms with van der Waals surface area (Å²) in [5, 5.41) is 0. The van der Waals surface area contributed by atoms with E-state index in [2.05, 4.69) is 9.73 Å². The third kappa shape index (κ3) is 2.95. The highest BCUT2D eigenvalue weighted by atomic mass is 19.4. The number of ketones is 1. The highest BCUT2D eigenvalue weighted by molar-refractivity contribution is 6.26. The summed E-state index contributed by atoms with van der Waals surface area (Å²) in [5.74, 6) is -0.427. The van der Waals surface area contributed by atoms with Crippen LogP contribution in [-0.4, -0.2) is 17.9 Å². The number of rotatable bonds is 2. The summed E-state index contributed by atoms with van der Waals surface area (Å²) in [6, 6.07) is 3.99. The van der Waals surface area contributed by atoms with E-state index in [9.17, 15) is 18.0 Å². The Balaban J connectivity index is 1.94. The fraction of sp³-hybridized carbons (Fsp3) is 0.250. The van der Waals surface area contributed by atoms with Gasteiger partial charge in [0.1, 0.15) is 5.75 Å². The van der Waals surface area contributed by atoms with Crippen molar-refractivity contribution in [2.45, 2.75) is 26.1 Å². The van der Waals surface area contributed by atoms with Crippen molar-refractivity contribution in [1.82, 2.24) is 0 Å². The van der Waals surface area contributed by atoms with Gasteiger partial charge in [-0.1, -0.05) is 6.07 Å². The molecule has 0 spiro atoms. The van der Waals surface area contributed by atoms with E-state index in [4.69, 9.17) is 0 Å². The fourth-order valence-corrected chi connectivity index (χ4v) is 2.59. The van der Waals surface area contributed by atoms with E-state index in [1.807, 2.05) is 6.92 Å². The third-order valence-corrected chi connectivity index (χ3v) is 3.50. The molecule has 0 aromatic heterocycles. The SMILES string of the molecule is CC1=NC=C(/C=C2\C(=O)Cc3ccc(OC(F)(F)F)cc32)C1. The Kier molecular flexibility index (Phi) is 3.39. The number of benzene rings is 1. The molecule has 1 heterocycles. The number of Topliss-reactive ketones (excluding diaryl/α,β-unsaturated/α-hetero) is 1. The molecule has 0 saturated carbocycles. The van der Waals surface area contributed by atoms with Gasteiger partial charge in [-0.15, -0.1) is 13.2 Å². The summed E-state index contributed by atoms with van der Waals surface area (Å²) in [6.45, 7) is 1.88. The maximum absolute atomic E-state index is 12.3. The van der Waals surface area contributed by atoms with Gasteiger partial charge in [-0.25, -0.2) is 0 Å². The predicted octanol–water partition coefficient (Wildman–Crippen LogP) is 3.84. The quantitative estimate of drug-likeness (QED) is 0.779. The number of hydrogen-bond acceptors (Lipinski definition) is 3. The van der Waals surface area contributed by atoms with Gasteiger partial charge in [0.25, 0.3) is 0 Å². The standard InChI is InChI=1S/C16H12F3NO2/c1-9-4-10(8-20-9)5-14-13-7-12(22-16(17,18)19)3-2-11(13)6-15(14)21/h2-3,5,7-8H,4,6H2,1H3/b14-5-. The Hall–Kier alpha value is -2.37. The molecule has 1 aromatic carbocycles. The molecule has 0 radical (unpaired) electrons. The van der Waals surface area contributed by atoms with E-state index in [0.29, 0.717) is 23.1 Å². The molecule has 3 rings (SSSR count). The van der Waals surface area contributed by atoms with Gasteiger partial charge >= 0.3 is 6.36 Å². The molecule has 1 aromatic rings. The van der Waals surface area contributed by atoms with E-state index in [1.165, 1.54) is 18.2 Å². The van der Waals surface area contributed by atoms with Gasteiger partial charge in [0.05, 0.1) is 0 Å². The van der Waals surface area contributed by atoms with Crippen LogP contribution in [0.15, 0.2) is 41.0 Å². The molecule has 1 aliphatic heterocycles. The third-order valence-electron chi connectivity index (χ3n) is 3.50. The topological polar surface area (TPSA) is 38.7 Å². The summed E-state index contributed by atoms with van der Waals surface area (Å²) in [5.41, 5.74) is 3.43. The van der Waals surface area contributed by atoms with Crippen LogP contribution in [0.4, 0.5) is 13.2 Å². The molecule has 0 amide bonds. The van der Waals surface area contributed by atoms with Crippen LogP contribution in [0, 0.1) is 0 Å². The van der Waals surface area contributed by atoms with Gasteiger partial charge < -0.3 is 4.74 Å². The normalized spacial score (nSPS) is 19.3. The monoisotopic (exact) mass is 307 g/mol. The highest BCUT2D eigenvalue weighted by Crippen LogP contribution is 2.35. The molecule has 0 saturated heterocycles. The van der Waals surface area contributed by atoms with Crippen LogP contribution in [-0.2, 0) is 11.2 Å². The van der Waals surface area contributed by atoms with E-state index < -0.39 is 6.36 Å². The number of halogens is 3. The van der Waals surface area contributed by atoms with Crippen molar-refractivity contribution in [2.24, 2.45) is 4.99 Å². The van der Waals surface area contributed by atoms with E-state index in [1.54, 1.807) is 12.3 Å². The lowest BCUT2D eigenvalue weighted by atomic mass is 10.0. The average Bonchev–Trinajstić information content (AvgIpc) is 2.93. The molecule has 0 N–H and O–H groups in total. The maximum Gasteiger partial charge on any atom is 0.573 e. The van der Waals surface area contributed by atoms with Crippen molar-refractivity contribution in [2.75, 3.05) is 0 Å². The molecule has 2 aliphatic rings. The molecule has 3 nitrogen and oxygen atoms in total. The Morgan fingerprint density at radius 2 is 2.05 bits per heavy atom. The molecule has 0 unspecified atom stereocenters. The van der Waals surface area contributed by atoms with Gasteiger partial charge in [0.15, 0.2) is 5.78 Å². The van der Waals surface area contributed by atoms with E-state index in [0.717, 1.165) is 11.3 Å². The number of alkyl halides is 3. The minimum atomic E-state index is -4.75. The molecule has 22 heavy (non-hydrogen) atoms. The fourth-order valence-electron chi connectivity index (χ4n) is 2.59. The lowest BCUT2D eigenvalue weighted by Gasteiger charge is -2.10. The summed E-state index contributed by atoms with van der Waals surface area (Å²) in [6.07, 6.45) is -0.541. The summed E-state index contributed by atoms with van der Waals surface area (Å²) < 4.78 is 40.9. The average molecular weight is 307 g/mol. The smallest absolute Gasteiger partial charge is 0.406 e. The van der Waals surface area contributed by atoms with Crippen LogP contribution in [0.25, 0.3) is 5.57 Å². The summed E-state index contributed by atoms with van der Waals surface area (Å²) >= 11 is 0. The Bertz CT molecular complexity index is 742. The predicted molar refractivity (Wildman–Crippen MR) is 75.6 cm³/mol. The lowest BCUT2D eigenvalue weighted by Crippen LogP contribution is -2.17. The minimum absolute atomic E-state index is 0.107. The molecular weight excluding hydrogens is 295 g/mol. The largest absolute Gasteiger partial charge is 0.573 e. The summed E-state index contributed by atoms with van der Waals surface area (Å²) in [7, 11) is 0. The van der Waals surface area contributed by atoms with Crippen molar-refractivity contribution in [3.05, 3.63) is 47.2 Å². The van der Waals surface area contributed by atoms with Gasteiger partial charge in [-0.3, -0.25) is 9.79 Å². The molecule has 114 valence electrons. The Morgan fingerprint density at radius 3 is 2.68 bits per heavy atom. The molecule has 1 aliphatic carbocycles. The zero-order valence-electron chi connectivity index (χ0n) is 11.7. The van der Waals surface area contributed by atoms with Gasteiger partial charge in [0.2, 0.25) is 0 Å². The number of fused-ring (bicyclic) bond motifs is 1. The maximum atomic E-state index is 12.3. The zero-order valence-corrected chi connectivity index (χ0v) is 11.7. The van der Waals surface area contributed by atoms with Crippen molar-refractivity contribution in [3.63, 3.8) is 0 Å². The van der Waals surface area contributed by atoms with Crippen LogP contribution in [0.2, 0.25) is 0 Å². The number of carbonyl (C=O) groups is 1. The summed E-state index contributed by atoms with van der Waals surface area (Å²) in [4.78, 5) is 16.2. The number of carbonyl (C=O) groups excluding carboxylic acids is 1. The van der Waals surface area contributed by atoms with E-state index >= 15 is 0 Å². The van der Waals surface area contributed by atoms with Crippen LogP contribution < -0.4 is 4.74 Å². The second-order valence-electron chi connectivity index (χ2n) is 5.27. The Morgan fingerprint density at radius 1 is 1.27 bits per heavy atom.